The van der Waals surface area contributed by atoms with Crippen LogP contribution in [0.4, 0.5) is 5.82 Å². The molecule has 1 saturated heterocycles. The fourth-order valence-corrected chi connectivity index (χ4v) is 3.76. The summed E-state index contributed by atoms with van der Waals surface area (Å²) in [6.07, 6.45) is 5.62. The monoisotopic (exact) mass is 261 g/mol. The van der Waals surface area contributed by atoms with Crippen molar-refractivity contribution in [2.75, 3.05) is 11.4 Å². The zero-order valence-corrected chi connectivity index (χ0v) is 11.5. The van der Waals surface area contributed by atoms with Gasteiger partial charge in [-0.15, -0.1) is 11.3 Å². The van der Waals surface area contributed by atoms with Crippen molar-refractivity contribution in [2.24, 2.45) is 5.73 Å². The van der Waals surface area contributed by atoms with Gasteiger partial charge in [-0.3, -0.25) is 0 Å². The predicted molar refractivity (Wildman–Crippen MR) is 78.3 cm³/mol. The summed E-state index contributed by atoms with van der Waals surface area (Å²) < 4.78 is 1.31. The van der Waals surface area contributed by atoms with Crippen LogP contribution in [0.15, 0.2) is 23.7 Å². The number of nitrogens with two attached hydrogens (primary N) is 1. The minimum atomic E-state index is 0.437. The van der Waals surface area contributed by atoms with Gasteiger partial charge in [0.05, 0.1) is 0 Å². The van der Waals surface area contributed by atoms with Crippen molar-refractivity contribution in [3.05, 3.63) is 23.7 Å². The third-order valence-corrected chi connectivity index (χ3v) is 4.79. The van der Waals surface area contributed by atoms with E-state index in [1.807, 2.05) is 6.20 Å². The van der Waals surface area contributed by atoms with Crippen LogP contribution in [0.25, 0.3) is 10.1 Å². The van der Waals surface area contributed by atoms with E-state index in [1.54, 1.807) is 11.3 Å². The summed E-state index contributed by atoms with van der Waals surface area (Å²) in [5, 5.41) is 3.41. The van der Waals surface area contributed by atoms with Gasteiger partial charge in [0, 0.05) is 34.9 Å². The third kappa shape index (κ3) is 1.89. The zero-order valence-electron chi connectivity index (χ0n) is 10.7. The fraction of sp³-hybridized carbons (Fsp3) is 0.500. The van der Waals surface area contributed by atoms with Crippen molar-refractivity contribution in [2.45, 2.75) is 38.3 Å². The van der Waals surface area contributed by atoms with Gasteiger partial charge in [-0.2, -0.15) is 0 Å². The predicted octanol–water partition coefficient (Wildman–Crippen LogP) is 3.00. The smallest absolute Gasteiger partial charge is 0.137 e. The summed E-state index contributed by atoms with van der Waals surface area (Å²) in [4.78, 5) is 7.07. The van der Waals surface area contributed by atoms with E-state index in [4.69, 9.17) is 5.73 Å². The van der Waals surface area contributed by atoms with Gasteiger partial charge < -0.3 is 10.6 Å². The fourth-order valence-electron chi connectivity index (χ4n) is 2.99. The molecule has 1 fully saturated rings. The molecule has 1 aliphatic heterocycles. The molecule has 2 aromatic heterocycles. The summed E-state index contributed by atoms with van der Waals surface area (Å²) >= 11 is 1.78. The summed E-state index contributed by atoms with van der Waals surface area (Å²) in [6, 6.07) is 5.24. The highest BCUT2D eigenvalue weighted by molar-refractivity contribution is 7.17. The first-order chi connectivity index (χ1) is 8.81. The lowest BCUT2D eigenvalue weighted by Crippen LogP contribution is -2.49. The molecule has 0 spiro atoms. The van der Waals surface area contributed by atoms with Crippen LogP contribution in [-0.4, -0.2) is 23.6 Å². The van der Waals surface area contributed by atoms with Crippen LogP contribution < -0.4 is 10.6 Å². The molecule has 3 heterocycles. The number of piperidine rings is 1. The third-order valence-electron chi connectivity index (χ3n) is 3.90. The number of pyridine rings is 1. The molecule has 1 aliphatic rings. The van der Waals surface area contributed by atoms with Gasteiger partial charge in [-0.05, 0) is 43.7 Å². The van der Waals surface area contributed by atoms with Crippen LogP contribution in [-0.2, 0) is 0 Å². The van der Waals surface area contributed by atoms with Crippen LogP contribution in [0.3, 0.4) is 0 Å². The van der Waals surface area contributed by atoms with Gasteiger partial charge in [-0.1, -0.05) is 0 Å². The molecule has 0 saturated carbocycles. The van der Waals surface area contributed by atoms with Crippen LogP contribution in [0, 0.1) is 0 Å². The number of aromatic nitrogens is 1. The van der Waals surface area contributed by atoms with E-state index in [-0.39, 0.29) is 0 Å². The Morgan fingerprint density at radius 3 is 3.17 bits per heavy atom. The largest absolute Gasteiger partial charge is 0.349 e. The van der Waals surface area contributed by atoms with Gasteiger partial charge in [0.2, 0.25) is 0 Å². The van der Waals surface area contributed by atoms with Gasteiger partial charge in [0.1, 0.15) is 5.82 Å². The summed E-state index contributed by atoms with van der Waals surface area (Å²) in [5.41, 5.74) is 5.95. The lowest BCUT2D eigenvalue weighted by atomic mass is 9.96. The zero-order chi connectivity index (χ0) is 12.5. The molecule has 2 unspecified atom stereocenters. The molecule has 0 bridgehead atoms. The molecule has 0 amide bonds. The second kappa shape index (κ2) is 4.86. The molecule has 18 heavy (non-hydrogen) atoms. The van der Waals surface area contributed by atoms with Crippen molar-refractivity contribution in [3.63, 3.8) is 0 Å². The van der Waals surface area contributed by atoms with Crippen molar-refractivity contribution in [1.82, 2.24) is 4.98 Å². The van der Waals surface area contributed by atoms with Gasteiger partial charge in [0.25, 0.3) is 0 Å². The Balaban J connectivity index is 2.08. The van der Waals surface area contributed by atoms with E-state index in [0.29, 0.717) is 18.6 Å². The van der Waals surface area contributed by atoms with Crippen LogP contribution in [0.2, 0.25) is 0 Å². The molecule has 96 valence electrons. The molecule has 2 N–H and O–H groups in total. The van der Waals surface area contributed by atoms with Gasteiger partial charge in [0.15, 0.2) is 0 Å². The molecule has 3 nitrogen and oxygen atoms in total. The Labute approximate surface area is 112 Å². The molecular weight excluding hydrogens is 242 g/mol. The first-order valence-electron chi connectivity index (χ1n) is 6.62. The van der Waals surface area contributed by atoms with Crippen LogP contribution in [0.5, 0.6) is 0 Å². The van der Waals surface area contributed by atoms with Gasteiger partial charge in [-0.25, -0.2) is 4.98 Å². The van der Waals surface area contributed by atoms with Crippen molar-refractivity contribution in [3.8, 4) is 0 Å². The number of anilines is 1. The lowest BCUT2D eigenvalue weighted by molar-refractivity contribution is 0.399. The van der Waals surface area contributed by atoms with Crippen LogP contribution in [0.1, 0.15) is 26.2 Å². The molecule has 4 heteroatoms. The van der Waals surface area contributed by atoms with E-state index in [1.165, 1.54) is 29.3 Å². The maximum Gasteiger partial charge on any atom is 0.137 e. The standard InChI is InChI=1S/C14H19N3S/c1-10-3-2-4-11(9-15)17(10)14-12-6-8-18-13(12)5-7-16-14/h5-8,10-11H,2-4,9,15H2,1H3. The number of thiophene rings is 1. The minimum Gasteiger partial charge on any atom is -0.349 e. The Kier molecular flexibility index (Phi) is 3.22. The first-order valence-corrected chi connectivity index (χ1v) is 7.50. The van der Waals surface area contributed by atoms with Gasteiger partial charge >= 0.3 is 0 Å². The Bertz CT molecular complexity index is 537. The Morgan fingerprint density at radius 2 is 2.33 bits per heavy atom. The molecule has 0 radical (unpaired) electrons. The topological polar surface area (TPSA) is 42.1 Å². The van der Waals surface area contributed by atoms with Crippen LogP contribution >= 0.6 is 11.3 Å². The van der Waals surface area contributed by atoms with Crippen molar-refractivity contribution in [1.29, 1.82) is 0 Å². The van der Waals surface area contributed by atoms with E-state index < -0.39 is 0 Å². The highest BCUT2D eigenvalue weighted by Gasteiger charge is 2.29. The number of hydrogen-bond acceptors (Lipinski definition) is 4. The number of rotatable bonds is 2. The minimum absolute atomic E-state index is 0.437. The maximum absolute atomic E-state index is 5.95. The average molecular weight is 261 g/mol. The summed E-state index contributed by atoms with van der Waals surface area (Å²) in [7, 11) is 0. The SMILES string of the molecule is CC1CCCC(CN)N1c1nccc2sccc12. The summed E-state index contributed by atoms with van der Waals surface area (Å²) in [6.45, 7) is 3.00. The molecule has 0 aliphatic carbocycles. The number of hydrogen-bond donors (Lipinski definition) is 1. The Morgan fingerprint density at radius 1 is 1.44 bits per heavy atom. The molecular formula is C14H19N3S. The number of fused-ring (bicyclic) bond motifs is 1. The first kappa shape index (κ1) is 11.9. The van der Waals surface area contributed by atoms with E-state index in [2.05, 4.69) is 34.3 Å². The van der Waals surface area contributed by atoms with E-state index in [0.717, 1.165) is 5.82 Å². The molecule has 3 rings (SSSR count). The lowest BCUT2D eigenvalue weighted by Gasteiger charge is -2.41. The molecule has 0 aromatic carbocycles. The van der Waals surface area contributed by atoms with E-state index >= 15 is 0 Å². The maximum atomic E-state index is 5.95. The van der Waals surface area contributed by atoms with Crippen molar-refractivity contribution < 1.29 is 0 Å². The quantitative estimate of drug-likeness (QED) is 0.903. The Hall–Kier alpha value is -1.13. The molecule has 2 atom stereocenters. The highest BCUT2D eigenvalue weighted by Crippen LogP contribution is 2.34. The average Bonchev–Trinajstić information content (AvgIpc) is 2.86. The van der Waals surface area contributed by atoms with E-state index in [9.17, 15) is 0 Å². The molecule has 2 aromatic rings. The highest BCUT2D eigenvalue weighted by atomic mass is 32.1. The second-order valence-corrected chi connectivity index (χ2v) is 5.99. The van der Waals surface area contributed by atoms with Crippen molar-refractivity contribution >= 4 is 27.2 Å². The second-order valence-electron chi connectivity index (χ2n) is 5.04. The normalized spacial score (nSPS) is 24.7. The summed E-state index contributed by atoms with van der Waals surface area (Å²) in [5.74, 6) is 1.12. The number of nitrogens with zero attached hydrogens (tertiary/aromatic N) is 2.